The molecule has 0 saturated heterocycles. The van der Waals surface area contributed by atoms with Crippen LogP contribution in [0.3, 0.4) is 0 Å². The van der Waals surface area contributed by atoms with Crippen LogP contribution in [-0.4, -0.2) is 24.3 Å². The summed E-state index contributed by atoms with van der Waals surface area (Å²) < 4.78 is 3.93. The number of imidazole rings is 1. The van der Waals surface area contributed by atoms with Crippen LogP contribution in [0.25, 0.3) is 0 Å². The minimum absolute atomic E-state index is 0.121. The molecule has 2 aliphatic carbocycles. The van der Waals surface area contributed by atoms with Gasteiger partial charge >= 0.3 is 5.69 Å². The molecule has 1 fully saturated rings. The molecule has 1 saturated carbocycles. The van der Waals surface area contributed by atoms with Crippen LogP contribution in [-0.2, 0) is 11.7 Å². The zero-order valence-electron chi connectivity index (χ0n) is 15.7. The molecule has 1 aromatic heterocycles. The molecule has 0 aliphatic heterocycles. The highest BCUT2D eigenvalue weighted by Crippen LogP contribution is 2.36. The van der Waals surface area contributed by atoms with Crippen LogP contribution in [0, 0.1) is 0 Å². The Morgan fingerprint density at radius 3 is 2.38 bits per heavy atom. The molecule has 0 amide bonds. The largest absolute Gasteiger partial charge is 0.346 e. The lowest BCUT2D eigenvalue weighted by Crippen LogP contribution is -2.36. The number of aromatic nitrogens is 2. The molecule has 5 heteroatoms. The summed E-state index contributed by atoms with van der Waals surface area (Å²) in [4.78, 5) is 13.2. The van der Waals surface area contributed by atoms with E-state index >= 15 is 0 Å². The van der Waals surface area contributed by atoms with Crippen molar-refractivity contribution >= 4 is 15.3 Å². The Morgan fingerprint density at radius 2 is 1.75 bits per heavy atom. The van der Waals surface area contributed by atoms with E-state index in [2.05, 4.69) is 28.2 Å². The van der Waals surface area contributed by atoms with Crippen LogP contribution in [0.5, 0.6) is 0 Å². The number of fused-ring (bicyclic) bond motifs is 1. The molecule has 3 radical (unpaired) electrons. The zero-order valence-corrected chi connectivity index (χ0v) is 15.7. The lowest BCUT2D eigenvalue weighted by Gasteiger charge is -2.33. The third kappa shape index (κ3) is 3.41. The minimum Gasteiger partial charge on any atom is -0.346 e. The first kappa shape index (κ1) is 17.9. The zero-order chi connectivity index (χ0) is 17.3. The van der Waals surface area contributed by atoms with Crippen LogP contribution in [0.2, 0.25) is 5.82 Å². The second kappa shape index (κ2) is 7.17. The quantitative estimate of drug-likeness (QED) is 0.773. The molecule has 0 N–H and O–H groups in total. The van der Waals surface area contributed by atoms with Crippen LogP contribution in [0.1, 0.15) is 96.0 Å². The summed E-state index contributed by atoms with van der Waals surface area (Å²) >= 11 is 0. The number of nitrogens with zero attached hydrogens (tertiary/aromatic N) is 2. The van der Waals surface area contributed by atoms with Gasteiger partial charge in [-0.25, -0.2) is 4.79 Å². The maximum atomic E-state index is 13.2. The van der Waals surface area contributed by atoms with Gasteiger partial charge in [-0.3, -0.25) is 4.57 Å². The van der Waals surface area contributed by atoms with E-state index in [0.717, 1.165) is 25.0 Å². The van der Waals surface area contributed by atoms with Crippen LogP contribution in [0.4, 0.5) is 0 Å². The molecular weight excluding hydrogens is 294 g/mol. The first-order valence-corrected chi connectivity index (χ1v) is 9.92. The second-order valence-corrected chi connectivity index (χ2v) is 8.44. The molecule has 2 aliphatic rings. The number of hydrogen-bond donors (Lipinski definition) is 0. The van der Waals surface area contributed by atoms with Gasteiger partial charge in [0, 0.05) is 17.4 Å². The summed E-state index contributed by atoms with van der Waals surface area (Å²) in [6.07, 6.45) is 12.0. The fourth-order valence-corrected chi connectivity index (χ4v) is 4.68. The third-order valence-corrected chi connectivity index (χ3v) is 5.89. The summed E-state index contributed by atoms with van der Waals surface area (Å²) in [5, 5.41) is -0.398. The summed E-state index contributed by atoms with van der Waals surface area (Å²) in [5.74, 6) is 0.507. The van der Waals surface area contributed by atoms with Gasteiger partial charge in [0.15, 0.2) is 0 Å². The average Bonchev–Trinajstić information content (AvgIpc) is 2.75. The van der Waals surface area contributed by atoms with Crippen molar-refractivity contribution in [1.82, 2.24) is 9.05 Å². The van der Waals surface area contributed by atoms with Crippen molar-refractivity contribution in [3.63, 3.8) is 0 Å². The maximum absolute atomic E-state index is 13.2. The van der Waals surface area contributed by atoms with E-state index in [9.17, 15) is 4.79 Å². The minimum atomic E-state index is -0.398. The third-order valence-electron chi connectivity index (χ3n) is 5.89. The van der Waals surface area contributed by atoms with E-state index in [1.165, 1.54) is 50.6 Å². The van der Waals surface area contributed by atoms with Crippen LogP contribution >= 0.6 is 0 Å². The molecule has 3 nitrogen and oxygen atoms in total. The van der Waals surface area contributed by atoms with Gasteiger partial charge in [0.1, 0.15) is 0 Å². The maximum Gasteiger partial charge on any atom is 0.316 e. The SMILES string of the molecule is [B]C1(C)CCCc2c1n([B]C1CCCCCCC1)c(=O)n2C(C)C. The van der Waals surface area contributed by atoms with Gasteiger partial charge in [-0.2, -0.15) is 0 Å². The first-order chi connectivity index (χ1) is 11.4. The fraction of sp³-hybridized carbons (Fsp3) is 0.842. The van der Waals surface area contributed by atoms with Crippen molar-refractivity contribution in [1.29, 1.82) is 0 Å². The number of hydrogen-bond acceptors (Lipinski definition) is 1. The summed E-state index contributed by atoms with van der Waals surface area (Å²) in [5.41, 5.74) is 2.37. The Bertz CT molecular complexity index is 622. The van der Waals surface area contributed by atoms with E-state index in [-0.39, 0.29) is 11.7 Å². The smallest absolute Gasteiger partial charge is 0.316 e. The highest BCUT2D eigenvalue weighted by Gasteiger charge is 2.35. The van der Waals surface area contributed by atoms with E-state index < -0.39 is 5.31 Å². The Hall–Kier alpha value is -0.860. The van der Waals surface area contributed by atoms with E-state index in [1.54, 1.807) is 0 Å². The Kier molecular flexibility index (Phi) is 5.36. The highest BCUT2D eigenvalue weighted by atomic mass is 16.1. The summed E-state index contributed by atoms with van der Waals surface area (Å²) in [6.45, 7) is 6.30. The number of rotatable bonds is 3. The van der Waals surface area contributed by atoms with Crippen LogP contribution in [0.15, 0.2) is 4.79 Å². The van der Waals surface area contributed by atoms with Gasteiger partial charge in [0.25, 0.3) is 7.41 Å². The highest BCUT2D eigenvalue weighted by molar-refractivity contribution is 6.36. The molecule has 1 atom stereocenters. The molecule has 3 rings (SSSR count). The van der Waals surface area contributed by atoms with Gasteiger partial charge in [-0.1, -0.05) is 58.3 Å². The standard InChI is InChI=1S/C19H31B2N2O/c1-14(2)22-16-12-9-13-19(3,20)17(16)23(18(22)24)21-15-10-7-5-4-6-8-11-15/h14-15H,4-13H2,1-3H3. The molecule has 1 heterocycles. The Balaban J connectivity index is 1.99. The van der Waals surface area contributed by atoms with Gasteiger partial charge in [0.2, 0.25) is 0 Å². The second-order valence-electron chi connectivity index (χ2n) is 8.44. The molecule has 1 unspecified atom stereocenters. The predicted octanol–water partition coefficient (Wildman–Crippen LogP) is 3.95. The van der Waals surface area contributed by atoms with E-state index in [4.69, 9.17) is 7.85 Å². The molecule has 1 aromatic rings. The van der Waals surface area contributed by atoms with Crippen molar-refractivity contribution in [2.24, 2.45) is 0 Å². The van der Waals surface area contributed by atoms with E-state index in [1.807, 2.05) is 9.05 Å². The van der Waals surface area contributed by atoms with Gasteiger partial charge in [0.05, 0.1) is 7.85 Å². The Morgan fingerprint density at radius 1 is 1.12 bits per heavy atom. The molecule has 0 bridgehead atoms. The molecule has 129 valence electrons. The molecule has 24 heavy (non-hydrogen) atoms. The predicted molar refractivity (Wildman–Crippen MR) is 102 cm³/mol. The van der Waals surface area contributed by atoms with E-state index in [0.29, 0.717) is 5.82 Å². The first-order valence-electron chi connectivity index (χ1n) is 9.92. The van der Waals surface area contributed by atoms with Gasteiger partial charge < -0.3 is 4.48 Å². The summed E-state index contributed by atoms with van der Waals surface area (Å²) in [6, 6.07) is 0.187. The average molecular weight is 325 g/mol. The Labute approximate surface area is 148 Å². The lowest BCUT2D eigenvalue weighted by atomic mass is 9.60. The lowest BCUT2D eigenvalue weighted by molar-refractivity contribution is 0.483. The van der Waals surface area contributed by atoms with Gasteiger partial charge in [-0.05, 0) is 37.8 Å². The summed E-state index contributed by atoms with van der Waals surface area (Å²) in [7, 11) is 8.86. The fourth-order valence-electron chi connectivity index (χ4n) is 4.68. The van der Waals surface area contributed by atoms with Crippen molar-refractivity contribution in [3.05, 3.63) is 21.9 Å². The van der Waals surface area contributed by atoms with Crippen molar-refractivity contribution in [3.8, 4) is 0 Å². The molecule has 0 aromatic carbocycles. The molecular formula is C19H31B2N2O. The van der Waals surface area contributed by atoms with Crippen molar-refractivity contribution in [2.45, 2.75) is 102 Å². The molecule has 0 spiro atoms. The van der Waals surface area contributed by atoms with Crippen LogP contribution < -0.4 is 5.69 Å². The van der Waals surface area contributed by atoms with Crippen molar-refractivity contribution < 1.29 is 0 Å². The normalized spacial score (nSPS) is 26.0. The van der Waals surface area contributed by atoms with Crippen molar-refractivity contribution in [2.75, 3.05) is 0 Å². The van der Waals surface area contributed by atoms with Gasteiger partial charge in [-0.15, -0.1) is 0 Å². The monoisotopic (exact) mass is 325 g/mol. The topological polar surface area (TPSA) is 26.9 Å².